The largest absolute Gasteiger partial charge is 0.326 e. The second-order valence-electron chi connectivity index (χ2n) is 5.37. The third kappa shape index (κ3) is 4.04. The monoisotopic (exact) mass is 295 g/mol. The summed E-state index contributed by atoms with van der Waals surface area (Å²) >= 11 is 0. The number of amides is 1. The lowest BCUT2D eigenvalue weighted by molar-refractivity contribution is -0.117. The summed E-state index contributed by atoms with van der Waals surface area (Å²) in [5.74, 6) is -0.145. The van der Waals surface area contributed by atoms with Crippen molar-refractivity contribution in [2.24, 2.45) is 0 Å². The average molecular weight is 295 g/mol. The average Bonchev–Trinajstić information content (AvgIpc) is 2.53. The van der Waals surface area contributed by atoms with E-state index < -0.39 is 0 Å². The highest BCUT2D eigenvalue weighted by Gasteiger charge is 2.19. The molecule has 0 spiro atoms. The van der Waals surface area contributed by atoms with Crippen LogP contribution in [0.4, 0.5) is 5.69 Å². The summed E-state index contributed by atoms with van der Waals surface area (Å²) in [4.78, 5) is 23.8. The molecule has 0 aliphatic heterocycles. The summed E-state index contributed by atoms with van der Waals surface area (Å²) in [6.07, 6.45) is 1.75. The Morgan fingerprint density at radius 3 is 2.18 bits per heavy atom. The van der Waals surface area contributed by atoms with Crippen molar-refractivity contribution in [2.45, 2.75) is 32.6 Å². The van der Waals surface area contributed by atoms with Crippen LogP contribution in [0.25, 0.3) is 0 Å². The maximum Gasteiger partial charge on any atom is 0.231 e. The van der Waals surface area contributed by atoms with E-state index in [0.717, 1.165) is 18.4 Å². The van der Waals surface area contributed by atoms with Crippen LogP contribution in [0.2, 0.25) is 0 Å². The first-order valence-electron chi connectivity index (χ1n) is 7.58. The molecule has 0 bridgehead atoms. The smallest absolute Gasteiger partial charge is 0.231 e. The molecule has 3 nitrogen and oxygen atoms in total. The maximum absolute atomic E-state index is 12.5. The highest BCUT2D eigenvalue weighted by Crippen LogP contribution is 2.23. The van der Waals surface area contributed by atoms with E-state index in [-0.39, 0.29) is 17.6 Å². The van der Waals surface area contributed by atoms with E-state index in [2.05, 4.69) is 12.2 Å². The van der Waals surface area contributed by atoms with Gasteiger partial charge in [-0.2, -0.15) is 0 Å². The molecule has 0 fully saturated rings. The van der Waals surface area contributed by atoms with E-state index in [1.54, 1.807) is 24.3 Å². The highest BCUT2D eigenvalue weighted by molar-refractivity contribution is 5.97. The molecule has 0 heterocycles. The van der Waals surface area contributed by atoms with E-state index in [4.69, 9.17) is 0 Å². The third-order valence-corrected chi connectivity index (χ3v) is 3.65. The topological polar surface area (TPSA) is 46.2 Å². The number of carbonyl (C=O) groups is 2. The van der Waals surface area contributed by atoms with Gasteiger partial charge in [0.1, 0.15) is 0 Å². The Bertz CT molecular complexity index is 632. The molecule has 22 heavy (non-hydrogen) atoms. The van der Waals surface area contributed by atoms with Gasteiger partial charge in [-0.3, -0.25) is 9.59 Å². The zero-order valence-electron chi connectivity index (χ0n) is 13.0. The van der Waals surface area contributed by atoms with Crippen LogP contribution >= 0.6 is 0 Å². The molecular weight excluding hydrogens is 274 g/mol. The molecule has 0 saturated carbocycles. The second-order valence-corrected chi connectivity index (χ2v) is 5.37. The summed E-state index contributed by atoms with van der Waals surface area (Å²) in [5.41, 5.74) is 2.39. The minimum absolute atomic E-state index is 0.0105. The van der Waals surface area contributed by atoms with Crippen molar-refractivity contribution in [1.29, 1.82) is 0 Å². The van der Waals surface area contributed by atoms with Crippen LogP contribution in [0.3, 0.4) is 0 Å². The molecule has 2 aromatic rings. The van der Waals surface area contributed by atoms with Crippen LogP contribution in [0, 0.1) is 0 Å². The number of benzene rings is 2. The van der Waals surface area contributed by atoms with Gasteiger partial charge in [0.2, 0.25) is 5.91 Å². The Balaban J connectivity index is 2.12. The van der Waals surface area contributed by atoms with Crippen molar-refractivity contribution in [3.05, 3.63) is 65.7 Å². The van der Waals surface area contributed by atoms with Gasteiger partial charge in [-0.15, -0.1) is 0 Å². The summed E-state index contributed by atoms with van der Waals surface area (Å²) in [6.45, 7) is 3.60. The van der Waals surface area contributed by atoms with E-state index in [0.29, 0.717) is 11.3 Å². The van der Waals surface area contributed by atoms with Crippen molar-refractivity contribution < 1.29 is 9.59 Å². The van der Waals surface area contributed by atoms with Crippen LogP contribution in [0.1, 0.15) is 48.5 Å². The second kappa shape index (κ2) is 7.55. The molecule has 114 valence electrons. The van der Waals surface area contributed by atoms with Crippen molar-refractivity contribution in [2.75, 3.05) is 5.32 Å². The first-order valence-corrected chi connectivity index (χ1v) is 7.58. The van der Waals surface area contributed by atoms with Crippen LogP contribution < -0.4 is 5.32 Å². The standard InChI is InChI=1S/C19H21NO2/c1-3-7-18(16-8-5-4-6-9-16)19(22)20-17-12-10-15(11-13-17)14(2)21/h4-6,8-13,18H,3,7H2,1-2H3,(H,20,22). The number of ketones is 1. The third-order valence-electron chi connectivity index (χ3n) is 3.65. The fourth-order valence-electron chi connectivity index (χ4n) is 2.44. The number of hydrogen-bond donors (Lipinski definition) is 1. The molecule has 0 saturated heterocycles. The lowest BCUT2D eigenvalue weighted by Crippen LogP contribution is -2.21. The van der Waals surface area contributed by atoms with Crippen molar-refractivity contribution in [1.82, 2.24) is 0 Å². The Hall–Kier alpha value is -2.42. The van der Waals surface area contributed by atoms with Gasteiger partial charge in [-0.1, -0.05) is 43.7 Å². The Labute approximate surface area is 131 Å². The molecule has 2 rings (SSSR count). The number of Topliss-reactive ketones (excluding diaryl/α,β-unsaturated/α-hetero) is 1. The number of rotatable bonds is 6. The van der Waals surface area contributed by atoms with Gasteiger partial charge in [0.15, 0.2) is 5.78 Å². The van der Waals surface area contributed by atoms with Crippen LogP contribution in [-0.4, -0.2) is 11.7 Å². The molecular formula is C19H21NO2. The quantitative estimate of drug-likeness (QED) is 0.802. The van der Waals surface area contributed by atoms with Gasteiger partial charge in [-0.25, -0.2) is 0 Å². The predicted octanol–water partition coefficient (Wildman–Crippen LogP) is 4.41. The predicted molar refractivity (Wildman–Crippen MR) is 89.2 cm³/mol. The lowest BCUT2D eigenvalue weighted by Gasteiger charge is -2.16. The molecule has 1 atom stereocenters. The molecule has 0 radical (unpaired) electrons. The van der Waals surface area contributed by atoms with Gasteiger partial charge in [0, 0.05) is 11.3 Å². The van der Waals surface area contributed by atoms with Crippen LogP contribution in [0.15, 0.2) is 54.6 Å². The number of carbonyl (C=O) groups excluding carboxylic acids is 2. The van der Waals surface area contributed by atoms with Gasteiger partial charge < -0.3 is 5.32 Å². The molecule has 0 aliphatic rings. The fraction of sp³-hybridized carbons (Fsp3) is 0.263. The SMILES string of the molecule is CCCC(C(=O)Nc1ccc(C(C)=O)cc1)c1ccccc1. The van der Waals surface area contributed by atoms with E-state index >= 15 is 0 Å². The summed E-state index contributed by atoms with van der Waals surface area (Å²) < 4.78 is 0. The summed E-state index contributed by atoms with van der Waals surface area (Å²) in [6, 6.07) is 16.8. The Kier molecular flexibility index (Phi) is 5.48. The Morgan fingerprint density at radius 2 is 1.64 bits per heavy atom. The van der Waals surface area contributed by atoms with Gasteiger partial charge >= 0.3 is 0 Å². The molecule has 1 unspecified atom stereocenters. The first kappa shape index (κ1) is 16.0. The first-order chi connectivity index (χ1) is 10.6. The van der Waals surface area contributed by atoms with Gasteiger partial charge in [0.05, 0.1) is 5.92 Å². The number of hydrogen-bond acceptors (Lipinski definition) is 2. The molecule has 0 aromatic heterocycles. The van der Waals surface area contributed by atoms with Crippen molar-refractivity contribution in [3.63, 3.8) is 0 Å². The summed E-state index contributed by atoms with van der Waals surface area (Å²) in [7, 11) is 0. The fourth-order valence-corrected chi connectivity index (χ4v) is 2.44. The molecule has 2 aromatic carbocycles. The molecule has 3 heteroatoms. The van der Waals surface area contributed by atoms with E-state index in [1.165, 1.54) is 6.92 Å². The minimum Gasteiger partial charge on any atom is -0.326 e. The molecule has 1 N–H and O–H groups in total. The van der Waals surface area contributed by atoms with Crippen molar-refractivity contribution in [3.8, 4) is 0 Å². The van der Waals surface area contributed by atoms with Gasteiger partial charge in [-0.05, 0) is 43.2 Å². The number of nitrogens with one attached hydrogen (secondary N) is 1. The summed E-state index contributed by atoms with van der Waals surface area (Å²) in [5, 5.41) is 2.94. The molecule has 1 amide bonds. The minimum atomic E-state index is -0.154. The van der Waals surface area contributed by atoms with Crippen molar-refractivity contribution >= 4 is 17.4 Å². The normalized spacial score (nSPS) is 11.7. The maximum atomic E-state index is 12.5. The Morgan fingerprint density at radius 1 is 1.00 bits per heavy atom. The van der Waals surface area contributed by atoms with E-state index in [9.17, 15) is 9.59 Å². The number of anilines is 1. The van der Waals surface area contributed by atoms with Gasteiger partial charge in [0.25, 0.3) is 0 Å². The zero-order chi connectivity index (χ0) is 15.9. The molecule has 0 aliphatic carbocycles. The van der Waals surface area contributed by atoms with Crippen LogP contribution in [-0.2, 0) is 4.79 Å². The lowest BCUT2D eigenvalue weighted by atomic mass is 9.93. The highest BCUT2D eigenvalue weighted by atomic mass is 16.2. The van der Waals surface area contributed by atoms with E-state index in [1.807, 2.05) is 30.3 Å². The zero-order valence-corrected chi connectivity index (χ0v) is 13.0. The van der Waals surface area contributed by atoms with Crippen LogP contribution in [0.5, 0.6) is 0 Å².